The molecular formula is C28H39ClF2N4O3. The molecule has 2 bridgehead atoms. The van der Waals surface area contributed by atoms with Gasteiger partial charge in [0.2, 0.25) is 11.8 Å². The van der Waals surface area contributed by atoms with E-state index in [4.69, 9.17) is 0 Å². The van der Waals surface area contributed by atoms with Crippen LogP contribution in [0.15, 0.2) is 30.3 Å². The van der Waals surface area contributed by atoms with E-state index < -0.39 is 11.5 Å². The number of piperidine rings is 1. The Hall–Kier alpha value is -2.26. The lowest BCUT2D eigenvalue weighted by atomic mass is 9.80. The third kappa shape index (κ3) is 5.41. The predicted octanol–water partition coefficient (Wildman–Crippen LogP) is 4.81. The zero-order valence-electron chi connectivity index (χ0n) is 22.1. The molecule has 1 aliphatic carbocycles. The highest BCUT2D eigenvalue weighted by atomic mass is 35.5. The summed E-state index contributed by atoms with van der Waals surface area (Å²) in [6.07, 6.45) is 3.87. The number of amides is 4. The zero-order chi connectivity index (χ0) is 26.4. The lowest BCUT2D eigenvalue weighted by Gasteiger charge is -2.48. The van der Waals surface area contributed by atoms with Crippen molar-refractivity contribution < 1.29 is 23.2 Å². The van der Waals surface area contributed by atoms with Crippen LogP contribution in [0.2, 0.25) is 0 Å². The van der Waals surface area contributed by atoms with Crippen LogP contribution >= 0.6 is 12.4 Å². The SMILES string of the molecule is CC(C)N1C(=O)NC(=O)C12CC1CCC(C2)N1CC[C@H](NC(=O)C1CCC(F)(F)CC1)c1ccccc1.Cl. The van der Waals surface area contributed by atoms with Crippen molar-refractivity contribution in [1.82, 2.24) is 20.4 Å². The summed E-state index contributed by atoms with van der Waals surface area (Å²) in [6.45, 7) is 4.66. The number of benzene rings is 1. The Labute approximate surface area is 229 Å². The number of halogens is 3. The summed E-state index contributed by atoms with van der Waals surface area (Å²) in [5, 5.41) is 5.73. The minimum Gasteiger partial charge on any atom is -0.349 e. The smallest absolute Gasteiger partial charge is 0.325 e. The highest BCUT2D eigenvalue weighted by Gasteiger charge is 2.60. The Morgan fingerprint density at radius 3 is 2.24 bits per heavy atom. The second-order valence-corrected chi connectivity index (χ2v) is 11.7. The van der Waals surface area contributed by atoms with Gasteiger partial charge in [-0.1, -0.05) is 30.3 Å². The number of hydrogen-bond donors (Lipinski definition) is 2. The van der Waals surface area contributed by atoms with Gasteiger partial charge in [0.05, 0.1) is 6.04 Å². The van der Waals surface area contributed by atoms with Gasteiger partial charge in [-0.2, -0.15) is 0 Å². The van der Waals surface area contributed by atoms with E-state index in [1.54, 1.807) is 4.90 Å². The number of nitrogens with one attached hydrogen (secondary N) is 2. The maximum atomic E-state index is 13.6. The summed E-state index contributed by atoms with van der Waals surface area (Å²) < 4.78 is 27.2. The van der Waals surface area contributed by atoms with E-state index in [-0.39, 0.29) is 86.0 Å². The molecule has 1 aromatic rings. The minimum absolute atomic E-state index is 0. The third-order valence-corrected chi connectivity index (χ3v) is 9.04. The summed E-state index contributed by atoms with van der Waals surface area (Å²) in [6, 6.07) is 9.65. The molecule has 2 N–H and O–H groups in total. The fourth-order valence-corrected chi connectivity index (χ4v) is 7.25. The molecule has 10 heteroatoms. The molecule has 210 valence electrons. The monoisotopic (exact) mass is 552 g/mol. The van der Waals surface area contributed by atoms with Crippen LogP contribution < -0.4 is 10.6 Å². The van der Waals surface area contributed by atoms with Crippen LogP contribution in [0.1, 0.15) is 83.2 Å². The summed E-state index contributed by atoms with van der Waals surface area (Å²) in [7, 11) is 0. The van der Waals surface area contributed by atoms with Crippen LogP contribution in [0.5, 0.6) is 0 Å². The predicted molar refractivity (Wildman–Crippen MR) is 142 cm³/mol. The molecule has 3 aliphatic heterocycles. The fourth-order valence-electron chi connectivity index (χ4n) is 7.25. The lowest BCUT2D eigenvalue weighted by molar-refractivity contribution is -0.132. The van der Waals surface area contributed by atoms with Crippen molar-refractivity contribution in [3.8, 4) is 0 Å². The number of urea groups is 1. The van der Waals surface area contributed by atoms with E-state index in [2.05, 4.69) is 15.5 Å². The maximum absolute atomic E-state index is 13.6. The van der Waals surface area contributed by atoms with Crippen molar-refractivity contribution in [1.29, 1.82) is 0 Å². The van der Waals surface area contributed by atoms with Crippen LogP contribution in [0.4, 0.5) is 13.6 Å². The molecule has 7 nitrogen and oxygen atoms in total. The maximum Gasteiger partial charge on any atom is 0.325 e. The van der Waals surface area contributed by atoms with Crippen molar-refractivity contribution in [2.45, 2.75) is 107 Å². The van der Waals surface area contributed by atoms with Gasteiger partial charge in [0.25, 0.3) is 5.91 Å². The second-order valence-electron chi connectivity index (χ2n) is 11.7. The van der Waals surface area contributed by atoms with Crippen LogP contribution in [0.25, 0.3) is 0 Å². The highest BCUT2D eigenvalue weighted by Crippen LogP contribution is 2.46. The largest absolute Gasteiger partial charge is 0.349 e. The quantitative estimate of drug-likeness (QED) is 0.476. The molecule has 2 unspecified atom stereocenters. The van der Waals surface area contributed by atoms with Gasteiger partial charge >= 0.3 is 6.03 Å². The van der Waals surface area contributed by atoms with Crippen LogP contribution in [-0.2, 0) is 9.59 Å². The van der Waals surface area contributed by atoms with E-state index in [0.717, 1.165) is 24.9 Å². The number of nitrogens with zero attached hydrogens (tertiary/aromatic N) is 2. The standard InChI is InChI=1S/C28H38F2N4O3.ClH/c1-18(2)34-26(37)32-25(36)27(34)16-21-8-9-22(17-27)33(21)15-12-23(19-6-4-3-5-7-19)31-24(35)20-10-13-28(29,30)14-11-20;/h3-7,18,20-23H,8-17H2,1-2H3,(H,31,35)(H,32,36,37);1H/t21?,22?,23-,27?;/m0./s1. The van der Waals surface area contributed by atoms with Crippen LogP contribution in [-0.4, -0.2) is 63.8 Å². The first-order chi connectivity index (χ1) is 17.6. The molecule has 3 atom stereocenters. The average molecular weight is 553 g/mol. The first kappa shape index (κ1) is 28.7. The van der Waals surface area contributed by atoms with E-state index in [9.17, 15) is 23.2 Å². The summed E-state index contributed by atoms with van der Waals surface area (Å²) in [5.41, 5.74) is 0.230. The molecular weight excluding hydrogens is 514 g/mol. The molecule has 4 aliphatic rings. The number of rotatable bonds is 7. The number of fused-ring (bicyclic) bond motifs is 2. The number of hydrogen-bond acceptors (Lipinski definition) is 4. The Kier molecular flexibility index (Phi) is 8.38. The minimum atomic E-state index is -2.66. The van der Waals surface area contributed by atoms with E-state index >= 15 is 0 Å². The van der Waals surface area contributed by atoms with Gasteiger partial charge in [-0.3, -0.25) is 19.8 Å². The van der Waals surface area contributed by atoms with E-state index in [1.807, 2.05) is 44.2 Å². The number of imide groups is 1. The van der Waals surface area contributed by atoms with Gasteiger partial charge in [-0.25, -0.2) is 13.6 Å². The molecule has 4 fully saturated rings. The van der Waals surface area contributed by atoms with Crippen molar-refractivity contribution >= 4 is 30.3 Å². The summed E-state index contributed by atoms with van der Waals surface area (Å²) in [5.74, 6) is -3.35. The van der Waals surface area contributed by atoms with Gasteiger partial charge in [0, 0.05) is 43.4 Å². The number of carbonyl (C=O) groups excluding carboxylic acids is 3. The van der Waals surface area contributed by atoms with Gasteiger partial charge in [-0.15, -0.1) is 12.4 Å². The van der Waals surface area contributed by atoms with Crippen LogP contribution in [0.3, 0.4) is 0 Å². The zero-order valence-corrected chi connectivity index (χ0v) is 22.9. The van der Waals surface area contributed by atoms with Gasteiger partial charge in [0.15, 0.2) is 0 Å². The first-order valence-corrected chi connectivity index (χ1v) is 13.7. The molecule has 3 heterocycles. The summed E-state index contributed by atoms with van der Waals surface area (Å²) in [4.78, 5) is 42.8. The summed E-state index contributed by atoms with van der Waals surface area (Å²) >= 11 is 0. The molecule has 0 radical (unpaired) electrons. The molecule has 4 amide bonds. The lowest BCUT2D eigenvalue weighted by Crippen LogP contribution is -2.61. The highest BCUT2D eigenvalue weighted by molar-refractivity contribution is 6.07. The Morgan fingerprint density at radius 2 is 1.66 bits per heavy atom. The van der Waals surface area contributed by atoms with Crippen molar-refractivity contribution in [2.75, 3.05) is 6.54 Å². The van der Waals surface area contributed by atoms with E-state index in [1.165, 1.54) is 0 Å². The molecule has 1 spiro atoms. The molecule has 3 saturated heterocycles. The first-order valence-electron chi connectivity index (χ1n) is 13.7. The third-order valence-electron chi connectivity index (χ3n) is 9.04. The number of carbonyl (C=O) groups is 3. The normalized spacial score (nSPS) is 29.9. The fraction of sp³-hybridized carbons (Fsp3) is 0.679. The average Bonchev–Trinajstić information content (AvgIpc) is 3.23. The van der Waals surface area contributed by atoms with Crippen molar-refractivity contribution in [2.24, 2.45) is 5.92 Å². The van der Waals surface area contributed by atoms with Crippen LogP contribution in [0, 0.1) is 5.92 Å². The van der Waals surface area contributed by atoms with Crippen molar-refractivity contribution in [3.05, 3.63) is 35.9 Å². The Bertz CT molecular complexity index is 1020. The molecule has 5 rings (SSSR count). The molecule has 1 aromatic carbocycles. The van der Waals surface area contributed by atoms with Gasteiger partial charge < -0.3 is 10.2 Å². The van der Waals surface area contributed by atoms with Crippen molar-refractivity contribution in [3.63, 3.8) is 0 Å². The molecule has 38 heavy (non-hydrogen) atoms. The van der Waals surface area contributed by atoms with E-state index in [0.29, 0.717) is 19.3 Å². The number of alkyl halides is 2. The Balaban J connectivity index is 0.00000336. The van der Waals surface area contributed by atoms with Gasteiger partial charge in [0.1, 0.15) is 5.54 Å². The topological polar surface area (TPSA) is 81.8 Å². The van der Waals surface area contributed by atoms with Gasteiger partial charge in [-0.05, 0) is 64.4 Å². The molecule has 1 saturated carbocycles. The second kappa shape index (κ2) is 11.1. The Morgan fingerprint density at radius 1 is 1.05 bits per heavy atom. The molecule has 0 aromatic heterocycles.